The van der Waals surface area contributed by atoms with Gasteiger partial charge in [0.15, 0.2) is 0 Å². The van der Waals surface area contributed by atoms with E-state index in [1.54, 1.807) is 11.3 Å². The van der Waals surface area contributed by atoms with Crippen LogP contribution >= 0.6 is 11.3 Å². The molecule has 0 aliphatic carbocycles. The van der Waals surface area contributed by atoms with Crippen LogP contribution in [0.3, 0.4) is 0 Å². The van der Waals surface area contributed by atoms with Crippen molar-refractivity contribution in [1.82, 2.24) is 9.97 Å². The number of rotatable bonds is 0. The molecule has 3 heterocycles. The lowest BCUT2D eigenvalue weighted by molar-refractivity contribution is 1.37. The Morgan fingerprint density at radius 3 is 2.65 bits per heavy atom. The zero-order valence-corrected chi connectivity index (χ0v) is 9.74. The van der Waals surface area contributed by atoms with Crippen LogP contribution in [0.4, 0.5) is 0 Å². The van der Waals surface area contributed by atoms with Crippen LogP contribution < -0.4 is 0 Å². The van der Waals surface area contributed by atoms with E-state index in [4.69, 9.17) is 0 Å². The van der Waals surface area contributed by atoms with Crippen LogP contribution in [0.15, 0.2) is 49.1 Å². The molecule has 0 aliphatic rings. The summed E-state index contributed by atoms with van der Waals surface area (Å²) in [5.74, 6) is 0. The average molecular weight is 236 g/mol. The number of hydrogen-bond acceptors (Lipinski definition) is 3. The molecular weight excluding hydrogens is 228 g/mol. The van der Waals surface area contributed by atoms with E-state index < -0.39 is 0 Å². The molecule has 4 aromatic rings. The summed E-state index contributed by atoms with van der Waals surface area (Å²) in [4.78, 5) is 8.35. The van der Waals surface area contributed by atoms with Crippen molar-refractivity contribution >= 4 is 42.3 Å². The molecule has 2 nitrogen and oxygen atoms in total. The fourth-order valence-electron chi connectivity index (χ4n) is 2.21. The molecule has 0 fully saturated rings. The van der Waals surface area contributed by atoms with E-state index in [1.165, 1.54) is 30.9 Å². The Labute approximate surface area is 102 Å². The Balaban J connectivity index is 2.28. The van der Waals surface area contributed by atoms with Gasteiger partial charge in [-0.1, -0.05) is 0 Å². The average Bonchev–Trinajstić information content (AvgIpc) is 2.73. The van der Waals surface area contributed by atoms with Gasteiger partial charge in [-0.25, -0.2) is 0 Å². The first-order valence-corrected chi connectivity index (χ1v) is 6.23. The molecule has 0 amide bonds. The van der Waals surface area contributed by atoms with Gasteiger partial charge in [-0.2, -0.15) is 0 Å². The first kappa shape index (κ1) is 9.07. The second-order valence-corrected chi connectivity index (χ2v) is 5.13. The first-order valence-electron chi connectivity index (χ1n) is 5.42. The van der Waals surface area contributed by atoms with Crippen molar-refractivity contribution < 1.29 is 0 Å². The molecule has 0 atom stereocenters. The molecule has 0 radical (unpaired) electrons. The van der Waals surface area contributed by atoms with Gasteiger partial charge in [0.1, 0.15) is 0 Å². The molecule has 0 unspecified atom stereocenters. The fraction of sp³-hybridized carbons (Fsp3) is 0. The summed E-state index contributed by atoms with van der Waals surface area (Å²) in [6.07, 6.45) is 7.54. The predicted molar refractivity (Wildman–Crippen MR) is 72.4 cm³/mol. The molecule has 0 saturated carbocycles. The van der Waals surface area contributed by atoms with Gasteiger partial charge in [0, 0.05) is 45.6 Å². The van der Waals surface area contributed by atoms with Gasteiger partial charge in [-0.05, 0) is 29.7 Å². The van der Waals surface area contributed by atoms with Crippen molar-refractivity contribution in [3.8, 4) is 0 Å². The summed E-state index contributed by atoms with van der Waals surface area (Å²) in [6.45, 7) is 0. The Kier molecular flexibility index (Phi) is 1.73. The van der Waals surface area contributed by atoms with Crippen LogP contribution in [0.1, 0.15) is 0 Å². The monoisotopic (exact) mass is 236 g/mol. The van der Waals surface area contributed by atoms with Crippen LogP contribution in [-0.4, -0.2) is 9.97 Å². The van der Waals surface area contributed by atoms with E-state index in [-0.39, 0.29) is 0 Å². The lowest BCUT2D eigenvalue weighted by Gasteiger charge is -1.97. The van der Waals surface area contributed by atoms with Crippen LogP contribution in [0.5, 0.6) is 0 Å². The quantitative estimate of drug-likeness (QED) is 0.461. The minimum Gasteiger partial charge on any atom is -0.264 e. The predicted octanol–water partition coefficient (Wildman–Crippen LogP) is 4.00. The lowest BCUT2D eigenvalue weighted by Crippen LogP contribution is -1.74. The molecule has 0 spiro atoms. The summed E-state index contributed by atoms with van der Waals surface area (Å²) in [5.41, 5.74) is 0. The Morgan fingerprint density at radius 2 is 1.65 bits per heavy atom. The fourth-order valence-corrected chi connectivity index (χ4v) is 3.32. The molecule has 0 N–H and O–H groups in total. The molecular formula is C14H8N2S. The van der Waals surface area contributed by atoms with E-state index in [1.807, 2.05) is 24.8 Å². The van der Waals surface area contributed by atoms with E-state index in [0.29, 0.717) is 0 Å². The SMILES string of the molecule is c1cc2cc3sc4cnccc4c3cc2cn1. The molecule has 0 bridgehead atoms. The smallest absolute Gasteiger partial charge is 0.0538 e. The number of hydrogen-bond donors (Lipinski definition) is 0. The Morgan fingerprint density at radius 1 is 0.765 bits per heavy atom. The van der Waals surface area contributed by atoms with Gasteiger partial charge in [-0.3, -0.25) is 9.97 Å². The molecule has 3 aromatic heterocycles. The van der Waals surface area contributed by atoms with Crippen LogP contribution in [0, 0.1) is 0 Å². The minimum atomic E-state index is 1.19. The van der Waals surface area contributed by atoms with Crippen molar-refractivity contribution in [1.29, 1.82) is 0 Å². The van der Waals surface area contributed by atoms with Gasteiger partial charge in [0.05, 0.1) is 4.70 Å². The van der Waals surface area contributed by atoms with Crippen molar-refractivity contribution in [2.75, 3.05) is 0 Å². The summed E-state index contributed by atoms with van der Waals surface area (Å²) in [6, 6.07) is 8.58. The number of aromatic nitrogens is 2. The van der Waals surface area contributed by atoms with Crippen molar-refractivity contribution in [2.24, 2.45) is 0 Å². The highest BCUT2D eigenvalue weighted by Gasteiger charge is 2.05. The van der Waals surface area contributed by atoms with Crippen LogP contribution in [0.25, 0.3) is 30.9 Å². The molecule has 17 heavy (non-hydrogen) atoms. The minimum absolute atomic E-state index is 1.19. The van der Waals surface area contributed by atoms with Gasteiger partial charge in [0.25, 0.3) is 0 Å². The second-order valence-electron chi connectivity index (χ2n) is 4.05. The van der Waals surface area contributed by atoms with Crippen LogP contribution in [0.2, 0.25) is 0 Å². The number of nitrogens with zero attached hydrogens (tertiary/aromatic N) is 2. The van der Waals surface area contributed by atoms with Gasteiger partial charge in [0.2, 0.25) is 0 Å². The maximum atomic E-state index is 4.18. The second kappa shape index (κ2) is 3.25. The number of fused-ring (bicyclic) bond motifs is 4. The highest BCUT2D eigenvalue weighted by molar-refractivity contribution is 7.25. The summed E-state index contributed by atoms with van der Waals surface area (Å²) >= 11 is 1.79. The standard InChI is InChI=1S/C14H8N2S/c1-3-15-7-10-5-12-11-2-4-16-8-14(11)17-13(12)6-9(1)10/h1-8H. The number of thiophene rings is 1. The van der Waals surface area contributed by atoms with Gasteiger partial charge in [-0.15, -0.1) is 11.3 Å². The van der Waals surface area contributed by atoms with E-state index in [2.05, 4.69) is 34.2 Å². The Bertz CT molecular complexity index is 842. The lowest BCUT2D eigenvalue weighted by atomic mass is 10.1. The summed E-state index contributed by atoms with van der Waals surface area (Å²) in [7, 11) is 0. The van der Waals surface area contributed by atoms with Crippen molar-refractivity contribution in [3.05, 3.63) is 49.1 Å². The zero-order valence-electron chi connectivity index (χ0n) is 8.92. The molecule has 0 saturated heterocycles. The molecule has 1 aromatic carbocycles. The molecule has 4 rings (SSSR count). The molecule has 0 aliphatic heterocycles. The van der Waals surface area contributed by atoms with E-state index >= 15 is 0 Å². The molecule has 80 valence electrons. The third-order valence-electron chi connectivity index (χ3n) is 3.03. The normalized spacial score (nSPS) is 11.5. The van der Waals surface area contributed by atoms with Gasteiger partial charge >= 0.3 is 0 Å². The van der Waals surface area contributed by atoms with Crippen molar-refractivity contribution in [3.63, 3.8) is 0 Å². The topological polar surface area (TPSA) is 25.8 Å². The third-order valence-corrected chi connectivity index (χ3v) is 4.14. The van der Waals surface area contributed by atoms with Crippen molar-refractivity contribution in [2.45, 2.75) is 0 Å². The number of benzene rings is 1. The molecule has 3 heteroatoms. The Hall–Kier alpha value is -2.00. The van der Waals surface area contributed by atoms with Gasteiger partial charge < -0.3 is 0 Å². The van der Waals surface area contributed by atoms with E-state index in [9.17, 15) is 0 Å². The van der Waals surface area contributed by atoms with E-state index in [0.717, 1.165) is 0 Å². The maximum absolute atomic E-state index is 4.18. The first-order chi connectivity index (χ1) is 8.42. The third kappa shape index (κ3) is 1.26. The van der Waals surface area contributed by atoms with Crippen LogP contribution in [-0.2, 0) is 0 Å². The largest absolute Gasteiger partial charge is 0.264 e. The maximum Gasteiger partial charge on any atom is 0.0538 e. The zero-order chi connectivity index (χ0) is 11.2. The summed E-state index contributed by atoms with van der Waals surface area (Å²) in [5, 5.41) is 5.02. The highest BCUT2D eigenvalue weighted by Crippen LogP contribution is 2.35. The summed E-state index contributed by atoms with van der Waals surface area (Å²) < 4.78 is 2.55. The highest BCUT2D eigenvalue weighted by atomic mass is 32.1. The number of pyridine rings is 2.